The quantitative estimate of drug-likeness (QED) is 0.802. The molecule has 118 valence electrons. The van der Waals surface area contributed by atoms with Gasteiger partial charge in [-0.3, -0.25) is 4.79 Å². The summed E-state index contributed by atoms with van der Waals surface area (Å²) in [4.78, 5) is 15.8. The smallest absolute Gasteiger partial charge is 0.323 e. The highest BCUT2D eigenvalue weighted by Crippen LogP contribution is 2.22. The second-order valence-corrected chi connectivity index (χ2v) is 5.74. The third kappa shape index (κ3) is 3.08. The molecule has 1 heterocycles. The van der Waals surface area contributed by atoms with Crippen molar-refractivity contribution in [1.82, 2.24) is 9.55 Å². The van der Waals surface area contributed by atoms with Crippen LogP contribution in [-0.2, 0) is 17.8 Å². The lowest BCUT2D eigenvalue weighted by Gasteiger charge is -2.07. The van der Waals surface area contributed by atoms with Crippen LogP contribution in [0.3, 0.4) is 0 Å². The summed E-state index contributed by atoms with van der Waals surface area (Å²) in [5, 5.41) is 9.20. The van der Waals surface area contributed by atoms with Crippen LogP contribution >= 0.6 is 0 Å². The summed E-state index contributed by atoms with van der Waals surface area (Å²) in [5.41, 5.74) is 4.70. The number of hydrogen-bond acceptors (Lipinski definition) is 2. The number of carboxylic acids is 1. The minimum absolute atomic E-state index is 0.143. The van der Waals surface area contributed by atoms with E-state index in [9.17, 15) is 14.3 Å². The van der Waals surface area contributed by atoms with Gasteiger partial charge in [0.1, 0.15) is 18.2 Å². The zero-order valence-electron chi connectivity index (χ0n) is 13.0. The van der Waals surface area contributed by atoms with E-state index in [2.05, 4.69) is 4.98 Å². The van der Waals surface area contributed by atoms with E-state index in [1.165, 1.54) is 12.1 Å². The monoisotopic (exact) mass is 312 g/mol. The van der Waals surface area contributed by atoms with Crippen molar-refractivity contribution >= 4 is 17.0 Å². The van der Waals surface area contributed by atoms with Gasteiger partial charge in [0.2, 0.25) is 0 Å². The molecule has 0 radical (unpaired) electrons. The minimum Gasteiger partial charge on any atom is -0.480 e. The van der Waals surface area contributed by atoms with Crippen molar-refractivity contribution in [3.8, 4) is 0 Å². The zero-order chi connectivity index (χ0) is 16.6. The van der Waals surface area contributed by atoms with Crippen LogP contribution in [0.25, 0.3) is 11.0 Å². The van der Waals surface area contributed by atoms with Crippen molar-refractivity contribution in [3.05, 3.63) is 64.7 Å². The molecule has 0 unspecified atom stereocenters. The Morgan fingerprint density at radius 3 is 2.48 bits per heavy atom. The van der Waals surface area contributed by atoms with E-state index in [1.807, 2.05) is 26.0 Å². The number of imidazole rings is 1. The number of carbonyl (C=O) groups is 1. The molecular formula is C18H17FN2O2. The molecule has 23 heavy (non-hydrogen) atoms. The van der Waals surface area contributed by atoms with Crippen LogP contribution in [0.5, 0.6) is 0 Å². The highest BCUT2D eigenvalue weighted by atomic mass is 19.1. The molecule has 0 fully saturated rings. The average Bonchev–Trinajstić information content (AvgIpc) is 2.79. The molecule has 0 bridgehead atoms. The van der Waals surface area contributed by atoms with Crippen LogP contribution in [0.4, 0.5) is 4.39 Å². The molecule has 5 heteroatoms. The van der Waals surface area contributed by atoms with Crippen LogP contribution in [0.2, 0.25) is 0 Å². The predicted octanol–water partition coefficient (Wildman–Crippen LogP) is 3.47. The van der Waals surface area contributed by atoms with Gasteiger partial charge >= 0.3 is 5.97 Å². The summed E-state index contributed by atoms with van der Waals surface area (Å²) in [5.74, 6) is -0.541. The Hall–Kier alpha value is -2.69. The Morgan fingerprint density at radius 2 is 1.83 bits per heavy atom. The maximum Gasteiger partial charge on any atom is 0.323 e. The number of aliphatic carboxylic acids is 1. The van der Waals surface area contributed by atoms with Crippen molar-refractivity contribution in [2.45, 2.75) is 26.8 Å². The molecule has 0 amide bonds. The molecule has 0 aliphatic heterocycles. The highest BCUT2D eigenvalue weighted by Gasteiger charge is 2.15. The molecule has 0 aliphatic rings. The topological polar surface area (TPSA) is 55.1 Å². The van der Waals surface area contributed by atoms with Crippen LogP contribution in [-0.4, -0.2) is 20.6 Å². The van der Waals surface area contributed by atoms with Gasteiger partial charge in [0.15, 0.2) is 0 Å². The average molecular weight is 312 g/mol. The molecule has 0 saturated heterocycles. The molecule has 4 nitrogen and oxygen atoms in total. The molecular weight excluding hydrogens is 295 g/mol. The van der Waals surface area contributed by atoms with Crippen molar-refractivity contribution < 1.29 is 14.3 Å². The second kappa shape index (κ2) is 5.83. The van der Waals surface area contributed by atoms with Gasteiger partial charge in [0, 0.05) is 6.42 Å². The van der Waals surface area contributed by atoms with Crippen LogP contribution < -0.4 is 0 Å². The first-order valence-corrected chi connectivity index (χ1v) is 7.36. The number of carboxylic acid groups (broad SMARTS) is 1. The fourth-order valence-corrected chi connectivity index (χ4v) is 2.66. The first-order chi connectivity index (χ1) is 10.9. The molecule has 0 atom stereocenters. The first-order valence-electron chi connectivity index (χ1n) is 7.36. The second-order valence-electron chi connectivity index (χ2n) is 5.74. The van der Waals surface area contributed by atoms with Gasteiger partial charge < -0.3 is 9.67 Å². The van der Waals surface area contributed by atoms with E-state index in [0.717, 1.165) is 27.7 Å². The van der Waals surface area contributed by atoms with Gasteiger partial charge in [0.25, 0.3) is 0 Å². The Morgan fingerprint density at radius 1 is 1.17 bits per heavy atom. The lowest BCUT2D eigenvalue weighted by Crippen LogP contribution is -2.12. The van der Waals surface area contributed by atoms with E-state index in [-0.39, 0.29) is 12.4 Å². The van der Waals surface area contributed by atoms with Crippen molar-refractivity contribution in [2.24, 2.45) is 0 Å². The van der Waals surface area contributed by atoms with Crippen molar-refractivity contribution in [3.63, 3.8) is 0 Å². The maximum absolute atomic E-state index is 13.0. The molecule has 0 saturated carbocycles. The van der Waals surface area contributed by atoms with Gasteiger partial charge in [-0.25, -0.2) is 9.37 Å². The Labute approximate surface area is 133 Å². The molecule has 1 N–H and O–H groups in total. The molecule has 1 aromatic heterocycles. The van der Waals surface area contributed by atoms with E-state index in [0.29, 0.717) is 12.2 Å². The summed E-state index contributed by atoms with van der Waals surface area (Å²) in [6.07, 6.45) is 0.459. The van der Waals surface area contributed by atoms with Gasteiger partial charge in [-0.1, -0.05) is 12.1 Å². The Kier molecular flexibility index (Phi) is 3.86. The largest absolute Gasteiger partial charge is 0.480 e. The lowest BCUT2D eigenvalue weighted by molar-refractivity contribution is -0.137. The fourth-order valence-electron chi connectivity index (χ4n) is 2.66. The molecule has 2 aromatic carbocycles. The number of aromatic nitrogens is 2. The van der Waals surface area contributed by atoms with Crippen LogP contribution in [0, 0.1) is 19.7 Å². The number of halogens is 1. The molecule has 3 rings (SSSR count). The Balaban J connectivity index is 2.10. The summed E-state index contributed by atoms with van der Waals surface area (Å²) in [6.45, 7) is 3.85. The maximum atomic E-state index is 13.0. The third-order valence-corrected chi connectivity index (χ3v) is 4.01. The van der Waals surface area contributed by atoms with Gasteiger partial charge in [0.05, 0.1) is 11.0 Å². The van der Waals surface area contributed by atoms with Gasteiger partial charge in [-0.15, -0.1) is 0 Å². The fraction of sp³-hybridized carbons (Fsp3) is 0.222. The third-order valence-electron chi connectivity index (χ3n) is 4.01. The molecule has 3 aromatic rings. The number of nitrogens with zero attached hydrogens (tertiary/aromatic N) is 2. The van der Waals surface area contributed by atoms with Crippen molar-refractivity contribution in [1.29, 1.82) is 0 Å². The van der Waals surface area contributed by atoms with E-state index < -0.39 is 5.97 Å². The summed E-state index contributed by atoms with van der Waals surface area (Å²) in [6, 6.07) is 10.1. The Bertz CT molecular complexity index is 882. The normalized spacial score (nSPS) is 11.1. The minimum atomic E-state index is -0.914. The van der Waals surface area contributed by atoms with Crippen LogP contribution in [0.15, 0.2) is 36.4 Å². The van der Waals surface area contributed by atoms with E-state index in [1.54, 1.807) is 16.7 Å². The van der Waals surface area contributed by atoms with E-state index >= 15 is 0 Å². The summed E-state index contributed by atoms with van der Waals surface area (Å²) in [7, 11) is 0. The number of rotatable bonds is 4. The first kappa shape index (κ1) is 15.2. The lowest BCUT2D eigenvalue weighted by atomic mass is 10.1. The van der Waals surface area contributed by atoms with Crippen molar-refractivity contribution in [2.75, 3.05) is 0 Å². The van der Waals surface area contributed by atoms with Gasteiger partial charge in [-0.2, -0.15) is 0 Å². The SMILES string of the molecule is Cc1cc2nc(Cc3ccc(F)cc3)n(CC(=O)O)c2cc1C. The summed E-state index contributed by atoms with van der Waals surface area (Å²) >= 11 is 0. The molecule has 0 spiro atoms. The van der Waals surface area contributed by atoms with Gasteiger partial charge in [-0.05, 0) is 54.8 Å². The van der Waals surface area contributed by atoms with E-state index in [4.69, 9.17) is 0 Å². The zero-order valence-corrected chi connectivity index (χ0v) is 13.0. The number of benzene rings is 2. The number of fused-ring (bicyclic) bond motifs is 1. The summed E-state index contributed by atoms with van der Waals surface area (Å²) < 4.78 is 14.8. The van der Waals surface area contributed by atoms with Crippen LogP contribution in [0.1, 0.15) is 22.5 Å². The molecule has 0 aliphatic carbocycles. The highest BCUT2D eigenvalue weighted by molar-refractivity contribution is 5.80. The number of aryl methyl sites for hydroxylation is 2. The predicted molar refractivity (Wildman–Crippen MR) is 86.0 cm³/mol. The standard InChI is InChI=1S/C18H17FN2O2/c1-11-7-15-16(8-12(11)2)21(10-18(22)23)17(20-15)9-13-3-5-14(19)6-4-13/h3-8H,9-10H2,1-2H3,(H,22,23). The number of hydrogen-bond donors (Lipinski definition) is 1.